The van der Waals surface area contributed by atoms with E-state index in [1.807, 2.05) is 6.92 Å². The highest BCUT2D eigenvalue weighted by Crippen LogP contribution is 2.25. The number of ether oxygens (including phenoxy) is 2. The summed E-state index contributed by atoms with van der Waals surface area (Å²) < 4.78 is 10.3. The number of methoxy groups -OCH3 is 1. The van der Waals surface area contributed by atoms with Gasteiger partial charge in [-0.1, -0.05) is 0 Å². The summed E-state index contributed by atoms with van der Waals surface area (Å²) in [5.74, 6) is 0.170. The lowest BCUT2D eigenvalue weighted by Gasteiger charge is -2.34. The monoisotopic (exact) mass is 265 g/mol. The highest BCUT2D eigenvalue weighted by Gasteiger charge is 2.29. The average Bonchev–Trinajstić information content (AvgIpc) is 2.38. The number of hydrogen-bond acceptors (Lipinski definition) is 4. The van der Waals surface area contributed by atoms with Gasteiger partial charge in [-0.05, 0) is 31.9 Å². The first-order valence-electron chi connectivity index (χ1n) is 6.31. The molecule has 0 atom stereocenters. The number of carbonyl (C=O) groups excluding carboxylic acids is 1. The lowest BCUT2D eigenvalue weighted by atomic mass is 9.92. The summed E-state index contributed by atoms with van der Waals surface area (Å²) in [6, 6.07) is 4.65. The molecule has 1 aliphatic heterocycles. The van der Waals surface area contributed by atoms with E-state index >= 15 is 0 Å². The molecule has 1 aromatic carbocycles. The molecule has 0 saturated carbocycles. The zero-order chi connectivity index (χ0) is 13.9. The Morgan fingerprint density at radius 2 is 2.11 bits per heavy atom. The first kappa shape index (κ1) is 13.7. The van der Waals surface area contributed by atoms with Crippen LogP contribution in [0.2, 0.25) is 0 Å². The van der Waals surface area contributed by atoms with Gasteiger partial charge in [-0.25, -0.2) is 0 Å². The molecular formula is C14H19NO4. The molecule has 0 spiro atoms. The van der Waals surface area contributed by atoms with Crippen LogP contribution in [0, 0.1) is 0 Å². The van der Waals surface area contributed by atoms with Gasteiger partial charge in [-0.2, -0.15) is 0 Å². The van der Waals surface area contributed by atoms with Crippen LogP contribution in [0.1, 0.15) is 30.1 Å². The average molecular weight is 265 g/mol. The number of nitrogens with one attached hydrogen (secondary N) is 1. The molecule has 0 aliphatic carbocycles. The van der Waals surface area contributed by atoms with E-state index < -0.39 is 0 Å². The normalized spacial score (nSPS) is 17.8. The Labute approximate surface area is 112 Å². The van der Waals surface area contributed by atoms with Gasteiger partial charge in [0.2, 0.25) is 0 Å². The van der Waals surface area contributed by atoms with E-state index in [1.165, 1.54) is 13.2 Å². The molecule has 104 valence electrons. The van der Waals surface area contributed by atoms with Crippen molar-refractivity contribution in [2.24, 2.45) is 0 Å². The largest absolute Gasteiger partial charge is 0.507 e. The van der Waals surface area contributed by atoms with Gasteiger partial charge in [-0.15, -0.1) is 0 Å². The summed E-state index contributed by atoms with van der Waals surface area (Å²) in [6.07, 6.45) is 1.55. The Bertz CT molecular complexity index is 467. The molecule has 2 N–H and O–H groups in total. The van der Waals surface area contributed by atoms with Crippen molar-refractivity contribution in [3.8, 4) is 11.5 Å². The van der Waals surface area contributed by atoms with Crippen molar-refractivity contribution < 1.29 is 19.4 Å². The van der Waals surface area contributed by atoms with Crippen LogP contribution in [0.4, 0.5) is 0 Å². The predicted octanol–water partition coefficient (Wildman–Crippen LogP) is 1.70. The zero-order valence-electron chi connectivity index (χ0n) is 11.2. The molecule has 0 radical (unpaired) electrons. The number of amides is 1. The number of phenols is 1. The minimum absolute atomic E-state index is 0.0764. The van der Waals surface area contributed by atoms with Crippen LogP contribution >= 0.6 is 0 Å². The van der Waals surface area contributed by atoms with Crippen molar-refractivity contribution in [3.63, 3.8) is 0 Å². The lowest BCUT2D eigenvalue weighted by molar-refractivity contribution is 0.0422. The van der Waals surface area contributed by atoms with E-state index in [0.717, 1.165) is 12.8 Å². The second kappa shape index (κ2) is 5.48. The Morgan fingerprint density at radius 1 is 1.42 bits per heavy atom. The zero-order valence-corrected chi connectivity index (χ0v) is 11.2. The van der Waals surface area contributed by atoms with Crippen molar-refractivity contribution in [3.05, 3.63) is 23.8 Å². The third-order valence-electron chi connectivity index (χ3n) is 3.46. The summed E-state index contributed by atoms with van der Waals surface area (Å²) in [5.41, 5.74) is -0.0182. The molecule has 0 aromatic heterocycles. The Morgan fingerprint density at radius 3 is 2.68 bits per heavy atom. The predicted molar refractivity (Wildman–Crippen MR) is 70.6 cm³/mol. The van der Waals surface area contributed by atoms with Gasteiger partial charge in [0, 0.05) is 24.8 Å². The van der Waals surface area contributed by atoms with Gasteiger partial charge in [-0.3, -0.25) is 4.79 Å². The maximum absolute atomic E-state index is 12.2. The summed E-state index contributed by atoms with van der Waals surface area (Å²) in [6.45, 7) is 3.28. The molecule has 0 unspecified atom stereocenters. The summed E-state index contributed by atoms with van der Waals surface area (Å²) in [7, 11) is 1.51. The van der Waals surface area contributed by atoms with Gasteiger partial charge in [0.05, 0.1) is 12.7 Å². The van der Waals surface area contributed by atoms with Crippen LogP contribution in [-0.2, 0) is 4.74 Å². The topological polar surface area (TPSA) is 67.8 Å². The first-order chi connectivity index (χ1) is 9.04. The van der Waals surface area contributed by atoms with E-state index in [1.54, 1.807) is 12.1 Å². The first-order valence-corrected chi connectivity index (χ1v) is 6.31. The third-order valence-corrected chi connectivity index (χ3v) is 3.46. The van der Waals surface area contributed by atoms with Crippen molar-refractivity contribution >= 4 is 5.91 Å². The van der Waals surface area contributed by atoms with Gasteiger partial charge in [0.1, 0.15) is 11.5 Å². The van der Waals surface area contributed by atoms with Crippen molar-refractivity contribution in [1.29, 1.82) is 0 Å². The molecule has 1 aliphatic rings. The van der Waals surface area contributed by atoms with Crippen molar-refractivity contribution in [2.45, 2.75) is 25.3 Å². The number of phenolic OH excluding ortho intramolecular Hbond substituents is 1. The fourth-order valence-electron chi connectivity index (χ4n) is 2.12. The fraction of sp³-hybridized carbons (Fsp3) is 0.500. The molecular weight excluding hydrogens is 246 g/mol. The van der Waals surface area contributed by atoms with Crippen LogP contribution in [-0.4, -0.2) is 36.9 Å². The summed E-state index contributed by atoms with van der Waals surface area (Å²) in [4.78, 5) is 12.2. The van der Waals surface area contributed by atoms with E-state index in [9.17, 15) is 9.90 Å². The van der Waals surface area contributed by atoms with Gasteiger partial charge >= 0.3 is 0 Å². The smallest absolute Gasteiger partial charge is 0.255 e. The molecule has 5 nitrogen and oxygen atoms in total. The molecule has 19 heavy (non-hydrogen) atoms. The van der Waals surface area contributed by atoms with Gasteiger partial charge < -0.3 is 19.9 Å². The number of benzene rings is 1. The van der Waals surface area contributed by atoms with Gasteiger partial charge in [0.15, 0.2) is 0 Å². The molecule has 1 heterocycles. The minimum atomic E-state index is -0.276. The van der Waals surface area contributed by atoms with Gasteiger partial charge in [0.25, 0.3) is 5.91 Å². The molecule has 1 fully saturated rings. The standard InChI is InChI=1S/C14H19NO4/c1-14(5-7-19-8-6-14)15-13(17)11-4-3-10(18-2)9-12(11)16/h3-4,9,16H,5-8H2,1-2H3,(H,15,17). The Kier molecular flexibility index (Phi) is 3.95. The maximum Gasteiger partial charge on any atom is 0.255 e. The van der Waals surface area contributed by atoms with Crippen molar-refractivity contribution in [1.82, 2.24) is 5.32 Å². The maximum atomic E-state index is 12.2. The molecule has 2 rings (SSSR count). The van der Waals surface area contributed by atoms with Crippen LogP contribution in [0.3, 0.4) is 0 Å². The van der Waals surface area contributed by atoms with Crippen molar-refractivity contribution in [2.75, 3.05) is 20.3 Å². The SMILES string of the molecule is COc1ccc(C(=O)NC2(C)CCOCC2)c(O)c1. The van der Waals surface area contributed by atoms with E-state index in [4.69, 9.17) is 9.47 Å². The molecule has 1 amide bonds. The molecule has 1 aromatic rings. The number of hydrogen-bond donors (Lipinski definition) is 2. The number of rotatable bonds is 3. The van der Waals surface area contributed by atoms with Crippen LogP contribution in [0.5, 0.6) is 11.5 Å². The highest BCUT2D eigenvalue weighted by atomic mass is 16.5. The second-order valence-corrected chi connectivity index (χ2v) is 5.01. The third kappa shape index (κ3) is 3.17. The molecule has 0 bridgehead atoms. The minimum Gasteiger partial charge on any atom is -0.507 e. The highest BCUT2D eigenvalue weighted by molar-refractivity contribution is 5.97. The van der Waals surface area contributed by atoms with Crippen LogP contribution < -0.4 is 10.1 Å². The molecule has 1 saturated heterocycles. The number of carbonyl (C=O) groups is 1. The molecule has 5 heteroatoms. The quantitative estimate of drug-likeness (QED) is 0.873. The number of aromatic hydroxyl groups is 1. The van der Waals surface area contributed by atoms with Crippen LogP contribution in [0.15, 0.2) is 18.2 Å². The summed E-state index contributed by atoms with van der Waals surface area (Å²) >= 11 is 0. The van der Waals surface area contributed by atoms with E-state index in [0.29, 0.717) is 19.0 Å². The van der Waals surface area contributed by atoms with E-state index in [2.05, 4.69) is 5.32 Å². The van der Waals surface area contributed by atoms with Crippen LogP contribution in [0.25, 0.3) is 0 Å². The second-order valence-electron chi connectivity index (χ2n) is 5.01. The fourth-order valence-corrected chi connectivity index (χ4v) is 2.12. The lowest BCUT2D eigenvalue weighted by Crippen LogP contribution is -2.49. The Balaban J connectivity index is 2.11. The Hall–Kier alpha value is -1.75. The summed E-state index contributed by atoms with van der Waals surface area (Å²) in [5, 5.41) is 12.8. The van der Waals surface area contributed by atoms with E-state index in [-0.39, 0.29) is 22.8 Å².